The molecule has 0 aromatic heterocycles. The number of rotatable bonds is 6. The van der Waals surface area contributed by atoms with Crippen molar-refractivity contribution in [3.8, 4) is 11.5 Å². The maximum atomic E-state index is 9.93. The second-order valence-electron chi connectivity index (χ2n) is 8.32. The van der Waals surface area contributed by atoms with Crippen LogP contribution in [0.2, 0.25) is 0 Å². The monoisotopic (exact) mass is 334 g/mol. The summed E-state index contributed by atoms with van der Waals surface area (Å²) < 4.78 is 6.01. The summed E-state index contributed by atoms with van der Waals surface area (Å²) in [6.07, 6.45) is 7.06. The Morgan fingerprint density at radius 1 is 1.17 bits per heavy atom. The summed E-state index contributed by atoms with van der Waals surface area (Å²) in [4.78, 5) is 0. The number of benzene rings is 1. The van der Waals surface area contributed by atoms with E-state index in [1.54, 1.807) is 0 Å². The van der Waals surface area contributed by atoms with Crippen LogP contribution in [0.3, 0.4) is 0 Å². The van der Waals surface area contributed by atoms with Gasteiger partial charge in [-0.1, -0.05) is 20.8 Å². The van der Waals surface area contributed by atoms with Crippen LogP contribution in [0.5, 0.6) is 11.5 Å². The van der Waals surface area contributed by atoms with Gasteiger partial charge in [-0.2, -0.15) is 0 Å². The van der Waals surface area contributed by atoms with Crippen LogP contribution >= 0.6 is 0 Å². The van der Waals surface area contributed by atoms with Crippen molar-refractivity contribution in [2.45, 2.75) is 79.2 Å². The molecule has 2 atom stereocenters. The molecule has 0 saturated carbocycles. The average Bonchev–Trinajstić information content (AvgIpc) is 2.51. The fraction of sp³-hybridized carbons (Fsp3) is 0.714. The van der Waals surface area contributed by atoms with Gasteiger partial charge in [0.2, 0.25) is 0 Å². The lowest BCUT2D eigenvalue weighted by atomic mass is 9.77. The number of phenols is 2. The zero-order valence-corrected chi connectivity index (χ0v) is 16.0. The molecule has 1 aliphatic heterocycles. The molecule has 0 radical (unpaired) electrons. The number of phenolic OH excluding ortho intramolecular Hbond substituents is 2. The highest BCUT2D eigenvalue weighted by Crippen LogP contribution is 2.37. The molecule has 1 heterocycles. The zero-order chi connectivity index (χ0) is 17.9. The van der Waals surface area contributed by atoms with Crippen LogP contribution in [0, 0.1) is 25.2 Å². The van der Waals surface area contributed by atoms with Crippen LogP contribution in [0.4, 0.5) is 0 Å². The van der Waals surface area contributed by atoms with Crippen LogP contribution in [0.1, 0.15) is 69.6 Å². The zero-order valence-electron chi connectivity index (χ0n) is 16.0. The quantitative estimate of drug-likeness (QED) is 0.745. The third kappa shape index (κ3) is 4.44. The van der Waals surface area contributed by atoms with Crippen molar-refractivity contribution >= 4 is 0 Å². The predicted octanol–water partition coefficient (Wildman–Crippen LogP) is 5.27. The van der Waals surface area contributed by atoms with E-state index in [0.29, 0.717) is 17.4 Å². The Morgan fingerprint density at radius 2 is 1.79 bits per heavy atom. The van der Waals surface area contributed by atoms with Crippen molar-refractivity contribution in [1.29, 1.82) is 0 Å². The first-order valence-corrected chi connectivity index (χ1v) is 9.35. The molecule has 0 unspecified atom stereocenters. The number of aromatic hydroxyl groups is 2. The molecule has 0 spiro atoms. The van der Waals surface area contributed by atoms with Gasteiger partial charge in [-0.25, -0.2) is 0 Å². The first-order valence-electron chi connectivity index (χ1n) is 9.35. The third-order valence-corrected chi connectivity index (χ3v) is 5.91. The average molecular weight is 335 g/mol. The molecule has 0 aliphatic carbocycles. The molecule has 3 nitrogen and oxygen atoms in total. The van der Waals surface area contributed by atoms with E-state index in [4.69, 9.17) is 4.74 Å². The van der Waals surface area contributed by atoms with E-state index in [0.717, 1.165) is 49.0 Å². The molecule has 2 rings (SSSR count). The Morgan fingerprint density at radius 3 is 2.38 bits per heavy atom. The number of hydrogen-bond donors (Lipinski definition) is 2. The van der Waals surface area contributed by atoms with E-state index in [1.807, 2.05) is 13.8 Å². The van der Waals surface area contributed by atoms with Gasteiger partial charge in [0, 0.05) is 12.7 Å². The maximum absolute atomic E-state index is 9.93. The van der Waals surface area contributed by atoms with Crippen LogP contribution in [0.15, 0.2) is 6.07 Å². The Labute approximate surface area is 147 Å². The molecule has 1 aromatic carbocycles. The largest absolute Gasteiger partial charge is 0.508 e. The smallest absolute Gasteiger partial charge is 0.122 e. The first-order chi connectivity index (χ1) is 11.2. The summed E-state index contributed by atoms with van der Waals surface area (Å²) >= 11 is 0. The third-order valence-electron chi connectivity index (χ3n) is 5.91. The SMILES string of the molecule is Cc1c(O)cc(O)c(C)c1CC[C@H](C)CC[C@H]1OCCCC1(C)C. The van der Waals surface area contributed by atoms with Gasteiger partial charge in [0.25, 0.3) is 0 Å². The molecule has 1 saturated heterocycles. The van der Waals surface area contributed by atoms with Gasteiger partial charge in [0.05, 0.1) is 6.10 Å². The summed E-state index contributed by atoms with van der Waals surface area (Å²) in [5.41, 5.74) is 3.18. The van der Waals surface area contributed by atoms with Crippen molar-refractivity contribution in [2.75, 3.05) is 6.61 Å². The number of hydrogen-bond acceptors (Lipinski definition) is 3. The highest BCUT2D eigenvalue weighted by molar-refractivity contribution is 5.50. The van der Waals surface area contributed by atoms with Crippen LogP contribution in [0.25, 0.3) is 0 Å². The Kier molecular flexibility index (Phi) is 6.19. The van der Waals surface area contributed by atoms with Gasteiger partial charge < -0.3 is 14.9 Å². The second-order valence-corrected chi connectivity index (χ2v) is 8.32. The molecule has 3 heteroatoms. The topological polar surface area (TPSA) is 49.7 Å². The minimum Gasteiger partial charge on any atom is -0.508 e. The summed E-state index contributed by atoms with van der Waals surface area (Å²) in [7, 11) is 0. The van der Waals surface area contributed by atoms with E-state index < -0.39 is 0 Å². The second kappa shape index (κ2) is 7.77. The van der Waals surface area contributed by atoms with Crippen LogP contribution in [-0.4, -0.2) is 22.9 Å². The molecule has 0 bridgehead atoms. The molecule has 1 fully saturated rings. The Balaban J connectivity index is 1.89. The normalized spacial score (nSPS) is 21.6. The minimum absolute atomic E-state index is 0.193. The lowest BCUT2D eigenvalue weighted by Crippen LogP contribution is -2.36. The van der Waals surface area contributed by atoms with Gasteiger partial charge >= 0.3 is 0 Å². The molecular weight excluding hydrogens is 300 g/mol. The Bertz CT molecular complexity index is 536. The van der Waals surface area contributed by atoms with Gasteiger partial charge in [0.1, 0.15) is 11.5 Å². The molecule has 24 heavy (non-hydrogen) atoms. The minimum atomic E-state index is 0.193. The highest BCUT2D eigenvalue weighted by Gasteiger charge is 2.32. The van der Waals surface area contributed by atoms with Crippen molar-refractivity contribution < 1.29 is 14.9 Å². The molecule has 2 N–H and O–H groups in total. The van der Waals surface area contributed by atoms with E-state index in [9.17, 15) is 10.2 Å². The van der Waals surface area contributed by atoms with Crippen molar-refractivity contribution in [2.24, 2.45) is 11.3 Å². The van der Waals surface area contributed by atoms with Gasteiger partial charge in [-0.05, 0) is 80.4 Å². The van der Waals surface area contributed by atoms with E-state index >= 15 is 0 Å². The fourth-order valence-electron chi connectivity index (χ4n) is 3.90. The molecular formula is C21H34O3. The van der Waals surface area contributed by atoms with Crippen molar-refractivity contribution in [3.63, 3.8) is 0 Å². The molecule has 0 amide bonds. The first kappa shape index (κ1) is 19.1. The lowest BCUT2D eigenvalue weighted by molar-refractivity contribution is -0.0735. The fourth-order valence-corrected chi connectivity index (χ4v) is 3.90. The number of ether oxygens (including phenoxy) is 1. The van der Waals surface area contributed by atoms with Gasteiger partial charge in [-0.3, -0.25) is 0 Å². The predicted molar refractivity (Wildman–Crippen MR) is 98.7 cm³/mol. The van der Waals surface area contributed by atoms with E-state index in [1.165, 1.54) is 18.9 Å². The molecule has 1 aliphatic rings. The van der Waals surface area contributed by atoms with Crippen LogP contribution < -0.4 is 0 Å². The van der Waals surface area contributed by atoms with Gasteiger partial charge in [-0.15, -0.1) is 0 Å². The van der Waals surface area contributed by atoms with Crippen molar-refractivity contribution in [1.82, 2.24) is 0 Å². The molecule has 1 aromatic rings. The Hall–Kier alpha value is -1.22. The maximum Gasteiger partial charge on any atom is 0.122 e. The molecule has 136 valence electrons. The summed E-state index contributed by atoms with van der Waals surface area (Å²) in [6.45, 7) is 11.7. The van der Waals surface area contributed by atoms with E-state index in [-0.39, 0.29) is 11.5 Å². The van der Waals surface area contributed by atoms with Crippen LogP contribution in [-0.2, 0) is 11.2 Å². The standard InChI is InChI=1S/C21H34O3/c1-14(8-10-20-21(4,5)11-6-12-24-20)7-9-17-15(2)18(22)13-19(23)16(17)3/h13-14,20,22-23H,6-12H2,1-5H3/t14-,20+/m0/s1. The van der Waals surface area contributed by atoms with Crippen molar-refractivity contribution in [3.05, 3.63) is 22.8 Å². The van der Waals surface area contributed by atoms with Gasteiger partial charge in [0.15, 0.2) is 0 Å². The lowest BCUT2D eigenvalue weighted by Gasteiger charge is -2.39. The summed E-state index contributed by atoms with van der Waals surface area (Å²) in [6, 6.07) is 1.44. The summed E-state index contributed by atoms with van der Waals surface area (Å²) in [5.74, 6) is 0.992. The highest BCUT2D eigenvalue weighted by atomic mass is 16.5. The summed E-state index contributed by atoms with van der Waals surface area (Å²) in [5, 5.41) is 19.9. The van der Waals surface area contributed by atoms with E-state index in [2.05, 4.69) is 20.8 Å².